The Morgan fingerprint density at radius 3 is 2.77 bits per heavy atom. The van der Waals surface area contributed by atoms with E-state index in [0.29, 0.717) is 43.6 Å². The molecule has 3 fully saturated rings. The summed E-state index contributed by atoms with van der Waals surface area (Å²) in [5, 5.41) is 11.1. The van der Waals surface area contributed by atoms with Crippen molar-refractivity contribution in [2.75, 3.05) is 56.6 Å². The van der Waals surface area contributed by atoms with Gasteiger partial charge in [0.15, 0.2) is 17.4 Å². The molecule has 0 amide bonds. The summed E-state index contributed by atoms with van der Waals surface area (Å²) in [5.74, 6) is 3.48. The van der Waals surface area contributed by atoms with Gasteiger partial charge in [-0.3, -0.25) is 0 Å². The van der Waals surface area contributed by atoms with Gasteiger partial charge in [-0.1, -0.05) is 18.7 Å². The molecule has 4 atom stereocenters. The van der Waals surface area contributed by atoms with E-state index in [2.05, 4.69) is 16.7 Å². The van der Waals surface area contributed by atoms with Crippen LogP contribution in [0.25, 0.3) is 0 Å². The van der Waals surface area contributed by atoms with Crippen LogP contribution in [0.15, 0.2) is 22.2 Å². The number of hydrogen-bond acceptors (Lipinski definition) is 11. The van der Waals surface area contributed by atoms with Crippen LogP contribution in [0.5, 0.6) is 5.75 Å². The van der Waals surface area contributed by atoms with Crippen LogP contribution >= 0.6 is 11.8 Å². The first-order valence-corrected chi connectivity index (χ1v) is 15.4. The molecule has 2 aromatic rings. The number of piperidine rings is 1. The Balaban J connectivity index is 1.18. The van der Waals surface area contributed by atoms with Crippen LogP contribution in [0.2, 0.25) is 0 Å². The first kappa shape index (κ1) is 28.0. The Morgan fingerprint density at radius 2 is 2.05 bits per heavy atom. The molecule has 3 N–H and O–H groups in total. The molecule has 40 heavy (non-hydrogen) atoms. The van der Waals surface area contributed by atoms with Crippen LogP contribution < -0.4 is 20.3 Å². The fraction of sp³-hybridized carbons (Fsp3) is 0.690. The van der Waals surface area contributed by atoms with E-state index in [9.17, 15) is 5.11 Å². The van der Waals surface area contributed by atoms with Crippen molar-refractivity contribution in [3.63, 3.8) is 0 Å². The molecule has 11 heteroatoms. The van der Waals surface area contributed by atoms with Crippen molar-refractivity contribution in [2.24, 2.45) is 23.0 Å². The molecule has 2 aromatic heterocycles. The van der Waals surface area contributed by atoms with Gasteiger partial charge >= 0.3 is 0 Å². The number of pyridine rings is 1. The number of fused-ring (bicyclic) bond motifs is 3. The number of nitrogens with two attached hydrogens (primary N) is 1. The molecule has 0 bridgehead atoms. The Morgan fingerprint density at radius 1 is 1.23 bits per heavy atom. The fourth-order valence-corrected chi connectivity index (χ4v) is 8.10. The largest absolute Gasteiger partial charge is 0.486 e. The Bertz CT molecular complexity index is 1210. The van der Waals surface area contributed by atoms with Gasteiger partial charge in [-0.2, -0.15) is 0 Å². The highest BCUT2D eigenvalue weighted by molar-refractivity contribution is 7.99. The van der Waals surface area contributed by atoms with Crippen molar-refractivity contribution in [3.05, 3.63) is 23.7 Å². The number of nitrogens with zero attached hydrogens (tertiary/aromatic N) is 5. The zero-order chi connectivity index (χ0) is 27.9. The fourth-order valence-electron chi connectivity index (χ4n) is 7.17. The predicted molar refractivity (Wildman–Crippen MR) is 154 cm³/mol. The summed E-state index contributed by atoms with van der Waals surface area (Å²) in [4.78, 5) is 20.2. The highest BCUT2D eigenvalue weighted by Crippen LogP contribution is 2.49. The van der Waals surface area contributed by atoms with Crippen LogP contribution in [-0.4, -0.2) is 78.9 Å². The number of aryl methyl sites for hydroxylation is 1. The van der Waals surface area contributed by atoms with Crippen molar-refractivity contribution in [3.8, 4) is 5.75 Å². The number of aromatic nitrogens is 3. The van der Waals surface area contributed by atoms with Crippen molar-refractivity contribution in [1.29, 1.82) is 0 Å². The molecular weight excluding hydrogens is 528 g/mol. The lowest BCUT2D eigenvalue weighted by Gasteiger charge is -2.43. The first-order valence-electron chi connectivity index (χ1n) is 14.5. The molecule has 1 spiro atoms. The van der Waals surface area contributed by atoms with E-state index in [1.807, 2.05) is 19.2 Å². The van der Waals surface area contributed by atoms with E-state index < -0.39 is 0 Å². The lowest BCUT2D eigenvalue weighted by molar-refractivity contribution is -0.0414. The molecule has 5 heterocycles. The second-order valence-electron chi connectivity index (χ2n) is 12.0. The lowest BCUT2D eigenvalue weighted by Crippen LogP contribution is -2.48. The number of hydrogen-bond donors (Lipinski definition) is 2. The summed E-state index contributed by atoms with van der Waals surface area (Å²) in [6, 6.07) is 2.55. The molecule has 10 nitrogen and oxygen atoms in total. The molecule has 1 aliphatic carbocycles. The van der Waals surface area contributed by atoms with Crippen molar-refractivity contribution in [2.45, 2.75) is 74.6 Å². The third-order valence-electron chi connectivity index (χ3n) is 9.51. The summed E-state index contributed by atoms with van der Waals surface area (Å²) in [7, 11) is 1.64. The number of aliphatic hydroxyl groups is 1. The first-order chi connectivity index (χ1) is 19.4. The third-order valence-corrected chi connectivity index (χ3v) is 10.6. The zero-order valence-electron chi connectivity index (χ0n) is 23.8. The van der Waals surface area contributed by atoms with Crippen LogP contribution in [0.4, 0.5) is 11.6 Å². The van der Waals surface area contributed by atoms with Gasteiger partial charge in [0.25, 0.3) is 0 Å². The van der Waals surface area contributed by atoms with Crippen LogP contribution in [0.1, 0.15) is 50.4 Å². The van der Waals surface area contributed by atoms with E-state index in [1.54, 1.807) is 7.11 Å². The molecule has 1 saturated carbocycles. The molecule has 3 aliphatic heterocycles. The van der Waals surface area contributed by atoms with Crippen LogP contribution in [0, 0.1) is 24.2 Å². The van der Waals surface area contributed by atoms with E-state index in [1.165, 1.54) is 24.6 Å². The topological polar surface area (TPSA) is 119 Å². The van der Waals surface area contributed by atoms with Gasteiger partial charge in [0.1, 0.15) is 24.1 Å². The molecule has 6 rings (SSSR count). The summed E-state index contributed by atoms with van der Waals surface area (Å²) >= 11 is 1.53. The minimum absolute atomic E-state index is 0.151. The summed E-state index contributed by atoms with van der Waals surface area (Å²) in [5.41, 5.74) is 8.35. The number of ether oxygens (including phenoxy) is 3. The van der Waals surface area contributed by atoms with Crippen LogP contribution in [-0.2, 0) is 16.1 Å². The maximum atomic E-state index is 10.3. The van der Waals surface area contributed by atoms with Gasteiger partial charge in [0, 0.05) is 44.9 Å². The molecule has 2 saturated heterocycles. The smallest absolute Gasteiger partial charge is 0.175 e. The SMILES string of the molecule is COCOC[C@H]1C[C@H]2COc3c(Sc4nc(CO)c(N5CCC6(CC[C@@H](C)[C@H]6N)CC5)nc4C)ccnc3N2C1. The number of methoxy groups -OCH3 is 1. The van der Waals surface area contributed by atoms with Gasteiger partial charge < -0.3 is 34.9 Å². The Kier molecular flexibility index (Phi) is 8.11. The monoisotopic (exact) mass is 570 g/mol. The van der Waals surface area contributed by atoms with Crippen LogP contribution in [0.3, 0.4) is 0 Å². The zero-order valence-corrected chi connectivity index (χ0v) is 24.7. The molecule has 4 aliphatic rings. The number of rotatable bonds is 8. The Labute approximate surface area is 241 Å². The molecule has 0 aromatic carbocycles. The van der Waals surface area contributed by atoms with Gasteiger partial charge in [-0.25, -0.2) is 15.0 Å². The average molecular weight is 571 g/mol. The standard InChI is InChI=1S/C29H42N6O4S/c1-18-4-6-29(25(18)30)7-10-34(11-8-29)26-22(14-36)33-28(19(2)32-26)40-23-5-9-31-27-24(23)39-16-21-12-20(13-35(21)27)15-38-17-37-3/h5,9,18,20-21,25,36H,4,6-8,10-17,30H2,1-3H3/t18-,20+,21+,25-/m1/s1. The second kappa shape index (κ2) is 11.6. The Hall–Kier alpha value is -2.18. The molecule has 0 radical (unpaired) electrons. The third kappa shape index (κ3) is 5.15. The van der Waals surface area contributed by atoms with Gasteiger partial charge in [-0.15, -0.1) is 0 Å². The van der Waals surface area contributed by atoms with E-state index in [4.69, 9.17) is 34.9 Å². The minimum atomic E-state index is -0.151. The maximum Gasteiger partial charge on any atom is 0.175 e. The second-order valence-corrected chi connectivity index (χ2v) is 13.0. The average Bonchev–Trinajstić information content (AvgIpc) is 3.51. The van der Waals surface area contributed by atoms with E-state index >= 15 is 0 Å². The van der Waals surface area contributed by atoms with E-state index in [0.717, 1.165) is 71.9 Å². The summed E-state index contributed by atoms with van der Waals surface area (Å²) < 4.78 is 16.9. The normalized spacial score (nSPS) is 27.1. The van der Waals surface area contributed by atoms with Crippen molar-refractivity contribution in [1.82, 2.24) is 15.0 Å². The highest BCUT2D eigenvalue weighted by Gasteiger charge is 2.46. The number of aliphatic hydroxyl groups excluding tert-OH is 1. The quantitative estimate of drug-likeness (QED) is 0.359. The van der Waals surface area contributed by atoms with Crippen molar-refractivity contribution < 1.29 is 19.3 Å². The molecule has 0 unspecified atom stereocenters. The summed E-state index contributed by atoms with van der Waals surface area (Å²) in [6.07, 6.45) is 7.42. The highest BCUT2D eigenvalue weighted by atomic mass is 32.2. The van der Waals surface area contributed by atoms with Crippen molar-refractivity contribution >= 4 is 23.4 Å². The summed E-state index contributed by atoms with van der Waals surface area (Å²) in [6.45, 7) is 8.41. The lowest BCUT2D eigenvalue weighted by atomic mass is 9.73. The van der Waals surface area contributed by atoms with Gasteiger partial charge in [-0.05, 0) is 56.4 Å². The van der Waals surface area contributed by atoms with Gasteiger partial charge in [0.2, 0.25) is 0 Å². The van der Waals surface area contributed by atoms with Gasteiger partial charge in [0.05, 0.1) is 29.8 Å². The minimum Gasteiger partial charge on any atom is -0.486 e. The predicted octanol–water partition coefficient (Wildman–Crippen LogP) is 3.38. The maximum absolute atomic E-state index is 10.3. The van der Waals surface area contributed by atoms with E-state index in [-0.39, 0.29) is 18.1 Å². The molecule has 218 valence electrons. The molecular formula is C29H42N6O4S. The number of anilines is 2.